The molecule has 2 amide bonds. The summed E-state index contributed by atoms with van der Waals surface area (Å²) in [6.45, 7) is 2.24. The highest BCUT2D eigenvalue weighted by atomic mass is 19.1. The fraction of sp³-hybridized carbons (Fsp3) is 0.353. The van der Waals surface area contributed by atoms with Crippen molar-refractivity contribution in [3.8, 4) is 0 Å². The van der Waals surface area contributed by atoms with Gasteiger partial charge in [0, 0.05) is 0 Å². The second-order valence-corrected chi connectivity index (χ2v) is 6.07. The summed E-state index contributed by atoms with van der Waals surface area (Å²) in [5, 5.41) is 11.1. The molecule has 10 heteroatoms. The average molecular weight is 380 g/mol. The van der Waals surface area contributed by atoms with E-state index >= 15 is 0 Å². The molecule has 8 nitrogen and oxygen atoms in total. The van der Waals surface area contributed by atoms with Gasteiger partial charge in [0.15, 0.2) is 0 Å². The summed E-state index contributed by atoms with van der Waals surface area (Å²) in [6, 6.07) is 3.07. The summed E-state index contributed by atoms with van der Waals surface area (Å²) in [4.78, 5) is 24.7. The molecule has 0 saturated heterocycles. The summed E-state index contributed by atoms with van der Waals surface area (Å²) in [5.74, 6) is -3.69. The molecule has 1 aromatic heterocycles. The number of rotatable bonds is 8. The van der Waals surface area contributed by atoms with Crippen LogP contribution in [0.3, 0.4) is 0 Å². The Bertz CT molecular complexity index is 805. The highest BCUT2D eigenvalue weighted by Crippen LogP contribution is 2.18. The summed E-state index contributed by atoms with van der Waals surface area (Å²) < 4.78 is 27.5. The molecule has 7 N–H and O–H groups in total. The first kappa shape index (κ1) is 20.5. The van der Waals surface area contributed by atoms with Gasteiger partial charge in [0.1, 0.15) is 22.9 Å². The fourth-order valence-electron chi connectivity index (χ4n) is 2.49. The van der Waals surface area contributed by atoms with Crippen molar-refractivity contribution in [2.75, 3.05) is 11.9 Å². The molecule has 0 fully saturated rings. The van der Waals surface area contributed by atoms with Crippen LogP contribution in [0.15, 0.2) is 24.4 Å². The topological polar surface area (TPSA) is 139 Å². The van der Waals surface area contributed by atoms with Crippen molar-refractivity contribution in [1.82, 2.24) is 15.5 Å². The first-order valence-corrected chi connectivity index (χ1v) is 8.41. The second-order valence-electron chi connectivity index (χ2n) is 6.07. The van der Waals surface area contributed by atoms with E-state index in [2.05, 4.69) is 20.8 Å². The highest BCUT2D eigenvalue weighted by Gasteiger charge is 2.27. The lowest BCUT2D eigenvalue weighted by atomic mass is 10.0. The predicted molar refractivity (Wildman–Crippen MR) is 95.9 cm³/mol. The van der Waals surface area contributed by atoms with Crippen molar-refractivity contribution >= 4 is 17.5 Å². The van der Waals surface area contributed by atoms with Crippen molar-refractivity contribution in [3.05, 3.63) is 47.3 Å². The van der Waals surface area contributed by atoms with Crippen LogP contribution in [0.5, 0.6) is 0 Å². The maximum Gasteiger partial charge on any atom is 0.272 e. The lowest BCUT2D eigenvalue weighted by Crippen LogP contribution is -2.55. The number of halogens is 2. The number of amides is 2. The molecule has 0 aliphatic carbocycles. The van der Waals surface area contributed by atoms with Crippen LogP contribution in [0.2, 0.25) is 0 Å². The molecule has 1 atom stereocenters. The smallest absolute Gasteiger partial charge is 0.272 e. The van der Waals surface area contributed by atoms with Gasteiger partial charge in [-0.2, -0.15) is 5.10 Å². The van der Waals surface area contributed by atoms with Gasteiger partial charge in [-0.25, -0.2) is 8.78 Å². The third-order valence-electron chi connectivity index (χ3n) is 4.12. The van der Waals surface area contributed by atoms with Crippen molar-refractivity contribution in [2.24, 2.45) is 11.5 Å². The highest BCUT2D eigenvalue weighted by molar-refractivity contribution is 6.08. The van der Waals surface area contributed by atoms with E-state index in [1.165, 1.54) is 0 Å². The Morgan fingerprint density at radius 2 is 1.93 bits per heavy atom. The lowest BCUT2D eigenvalue weighted by molar-refractivity contribution is 0.0886. The van der Waals surface area contributed by atoms with Crippen LogP contribution in [-0.4, -0.2) is 34.2 Å². The first-order chi connectivity index (χ1) is 12.8. The summed E-state index contributed by atoms with van der Waals surface area (Å²) >= 11 is 0. The van der Waals surface area contributed by atoms with E-state index in [1.54, 1.807) is 0 Å². The quantitative estimate of drug-likeness (QED) is 0.441. The minimum Gasteiger partial charge on any atom is -0.333 e. The Labute approximate surface area is 154 Å². The van der Waals surface area contributed by atoms with Crippen LogP contribution in [0, 0.1) is 11.6 Å². The van der Waals surface area contributed by atoms with E-state index in [0.29, 0.717) is 25.8 Å². The van der Waals surface area contributed by atoms with Crippen molar-refractivity contribution in [2.45, 2.75) is 31.8 Å². The maximum atomic E-state index is 13.7. The molecule has 0 radical (unpaired) electrons. The van der Waals surface area contributed by atoms with Crippen LogP contribution in [-0.2, 0) is 0 Å². The summed E-state index contributed by atoms with van der Waals surface area (Å²) in [6.07, 6.45) is 2.69. The third-order valence-corrected chi connectivity index (χ3v) is 4.12. The Morgan fingerprint density at radius 3 is 2.52 bits per heavy atom. The maximum absolute atomic E-state index is 13.7. The summed E-state index contributed by atoms with van der Waals surface area (Å²) in [7, 11) is 0. The third kappa shape index (κ3) is 4.86. The monoisotopic (exact) mass is 380 g/mol. The average Bonchev–Trinajstić information content (AvgIpc) is 3.08. The number of anilines is 1. The molecule has 1 heterocycles. The van der Waals surface area contributed by atoms with E-state index in [-0.39, 0.29) is 11.4 Å². The number of benzene rings is 1. The molecular formula is C17H22F2N6O2. The van der Waals surface area contributed by atoms with Gasteiger partial charge in [0.05, 0.1) is 17.5 Å². The largest absolute Gasteiger partial charge is 0.333 e. The number of nitrogens with zero attached hydrogens (tertiary/aromatic N) is 1. The van der Waals surface area contributed by atoms with E-state index in [4.69, 9.17) is 11.5 Å². The van der Waals surface area contributed by atoms with E-state index in [1.807, 2.05) is 6.92 Å². The number of H-pyrrole nitrogens is 1. The molecule has 1 unspecified atom stereocenters. The molecule has 1 aromatic carbocycles. The molecule has 2 aromatic rings. The lowest BCUT2D eigenvalue weighted by Gasteiger charge is -2.29. The Kier molecular flexibility index (Phi) is 6.59. The Hall–Kier alpha value is -2.85. The van der Waals surface area contributed by atoms with Crippen LogP contribution in [0.1, 0.15) is 47.0 Å². The number of nitrogens with two attached hydrogens (primary N) is 2. The molecule has 0 aliphatic rings. The Morgan fingerprint density at radius 1 is 1.26 bits per heavy atom. The molecule has 2 rings (SSSR count). The van der Waals surface area contributed by atoms with Gasteiger partial charge in [-0.3, -0.25) is 14.7 Å². The number of aromatic amines is 1. The summed E-state index contributed by atoms with van der Waals surface area (Å²) in [5.41, 5.74) is 9.79. The minimum absolute atomic E-state index is 0.0302. The number of hydrogen-bond donors (Lipinski definition) is 5. The zero-order valence-corrected chi connectivity index (χ0v) is 14.8. The van der Waals surface area contributed by atoms with Crippen molar-refractivity contribution in [1.29, 1.82) is 0 Å². The molecular weight excluding hydrogens is 358 g/mol. The molecule has 0 aliphatic heterocycles. The van der Waals surface area contributed by atoms with Gasteiger partial charge in [0.2, 0.25) is 0 Å². The van der Waals surface area contributed by atoms with Crippen molar-refractivity contribution in [3.63, 3.8) is 0 Å². The molecule has 146 valence electrons. The van der Waals surface area contributed by atoms with Crippen LogP contribution < -0.4 is 22.1 Å². The fourth-order valence-corrected chi connectivity index (χ4v) is 2.49. The number of carbonyl (C=O) groups excluding carboxylic acids is 2. The number of nitrogens with one attached hydrogen (secondary N) is 3. The van der Waals surface area contributed by atoms with Crippen LogP contribution >= 0.6 is 0 Å². The van der Waals surface area contributed by atoms with Crippen LogP contribution in [0.4, 0.5) is 14.5 Å². The molecule has 0 saturated carbocycles. The predicted octanol–water partition coefficient (Wildman–Crippen LogP) is 1.47. The van der Waals surface area contributed by atoms with Crippen LogP contribution in [0.25, 0.3) is 0 Å². The number of hydrogen-bond acceptors (Lipinski definition) is 5. The zero-order valence-electron chi connectivity index (χ0n) is 14.8. The normalized spacial score (nSPS) is 13.1. The molecule has 0 bridgehead atoms. The van der Waals surface area contributed by atoms with Gasteiger partial charge in [0.25, 0.3) is 11.8 Å². The van der Waals surface area contributed by atoms with E-state index in [0.717, 1.165) is 24.4 Å². The minimum atomic E-state index is -1.04. The van der Waals surface area contributed by atoms with Crippen molar-refractivity contribution < 1.29 is 18.4 Å². The molecule has 0 spiro atoms. The number of carbonyl (C=O) groups is 2. The first-order valence-electron chi connectivity index (χ1n) is 8.41. The standard InChI is InChI=1S/C17H22F2N6O2/c1-2-17(21,7-4-8-20)24-16(27)14-12(9-22-25-14)23-15(26)13-10(18)5-3-6-11(13)19/h3,5-6,9H,2,4,7-8,20-21H2,1H3,(H,22,25)(H,23,26)(H,24,27). The van der Waals surface area contributed by atoms with Gasteiger partial charge < -0.3 is 22.1 Å². The second kappa shape index (κ2) is 8.69. The number of aromatic nitrogens is 2. The Balaban J connectivity index is 2.18. The van der Waals surface area contributed by atoms with Gasteiger partial charge in [-0.1, -0.05) is 13.0 Å². The SMILES string of the molecule is CCC(N)(CCCN)NC(=O)c1[nH]ncc1NC(=O)c1c(F)cccc1F. The van der Waals surface area contributed by atoms with Gasteiger partial charge >= 0.3 is 0 Å². The van der Waals surface area contributed by atoms with Gasteiger partial charge in [-0.05, 0) is 37.9 Å². The molecule has 27 heavy (non-hydrogen) atoms. The van der Waals surface area contributed by atoms with E-state index in [9.17, 15) is 18.4 Å². The van der Waals surface area contributed by atoms with E-state index < -0.39 is 34.7 Å². The zero-order chi connectivity index (χ0) is 20.0. The van der Waals surface area contributed by atoms with Gasteiger partial charge in [-0.15, -0.1) is 0 Å².